The van der Waals surface area contributed by atoms with Gasteiger partial charge in [-0.15, -0.1) is 0 Å². The molecule has 0 amide bonds. The highest BCUT2D eigenvalue weighted by Gasteiger charge is 2.56. The van der Waals surface area contributed by atoms with Crippen LogP contribution in [0.4, 0.5) is 16.0 Å². The SMILES string of the molecule is CC(C)(C)C(=O)OCOP1(=O)OC[C@H]2O[C@@H](n3cnc4c(N)ncnc43)C(F)C2OP(=O)(OCOC(=O)C(C)(C)C)OC[C@H]2O[C@@H](n3cnc4c(N)ncnc43)C(O1)C2O. The number of aromatic nitrogens is 8. The molecule has 3 aliphatic heterocycles. The zero-order valence-electron chi connectivity index (χ0n) is 32.9. The lowest BCUT2D eigenvalue weighted by molar-refractivity contribution is -0.162. The van der Waals surface area contributed by atoms with E-state index in [1.165, 1.54) is 17.2 Å². The summed E-state index contributed by atoms with van der Waals surface area (Å²) in [5.41, 5.74) is 10.3. The molecule has 0 saturated carbocycles. The van der Waals surface area contributed by atoms with Crippen LogP contribution in [0.15, 0.2) is 25.3 Å². The Kier molecular flexibility index (Phi) is 12.0. The van der Waals surface area contributed by atoms with Crippen LogP contribution in [-0.2, 0) is 64.8 Å². The van der Waals surface area contributed by atoms with Gasteiger partial charge in [-0.1, -0.05) is 0 Å². The zero-order valence-corrected chi connectivity index (χ0v) is 34.7. The quantitative estimate of drug-likeness (QED) is 0.130. The van der Waals surface area contributed by atoms with Crippen molar-refractivity contribution in [3.8, 4) is 0 Å². The van der Waals surface area contributed by atoms with Crippen LogP contribution >= 0.6 is 15.6 Å². The minimum atomic E-state index is -5.08. The van der Waals surface area contributed by atoms with Crippen LogP contribution in [0.25, 0.3) is 22.3 Å². The second-order valence-corrected chi connectivity index (χ2v) is 19.0. The summed E-state index contributed by atoms with van der Waals surface area (Å²) in [7, 11) is -10.2. The van der Waals surface area contributed by atoms with Crippen LogP contribution in [0, 0.1) is 10.8 Å². The molecule has 3 aliphatic rings. The van der Waals surface area contributed by atoms with Gasteiger partial charge in [-0.2, -0.15) is 0 Å². The fraction of sp³-hybridized carbons (Fsp3) is 0.625. The summed E-state index contributed by atoms with van der Waals surface area (Å²) in [6, 6.07) is 0. The van der Waals surface area contributed by atoms with Crippen molar-refractivity contribution in [3.05, 3.63) is 25.3 Å². The molecule has 5 N–H and O–H groups in total. The molecule has 0 aromatic carbocycles. The molecule has 328 valence electrons. The molecular formula is C32H43FN10O15P2. The first-order chi connectivity index (χ1) is 28.2. The Balaban J connectivity index is 1.26. The molecular weight excluding hydrogens is 845 g/mol. The number of anilines is 2. The number of carbonyl (C=O) groups is 2. The number of hydrogen-bond acceptors (Lipinski definition) is 23. The average molecular weight is 889 g/mol. The van der Waals surface area contributed by atoms with Crippen LogP contribution in [-0.4, -0.2) is 120 Å². The number of halogens is 1. The summed E-state index contributed by atoms with van der Waals surface area (Å²) in [6.07, 6.45) is -9.37. The van der Waals surface area contributed by atoms with Crippen LogP contribution in [0.5, 0.6) is 0 Å². The topological polar surface area (TPSA) is 320 Å². The molecule has 3 fully saturated rings. The van der Waals surface area contributed by atoms with Gasteiger partial charge in [-0.05, 0) is 41.5 Å². The molecule has 0 spiro atoms. The highest BCUT2D eigenvalue weighted by molar-refractivity contribution is 7.48. The first kappa shape index (κ1) is 43.7. The number of esters is 2. The Labute approximate surface area is 339 Å². The molecule has 3 saturated heterocycles. The van der Waals surface area contributed by atoms with Crippen molar-refractivity contribution in [2.75, 3.05) is 38.3 Å². The molecule has 2 bridgehead atoms. The Morgan fingerprint density at radius 2 is 1.20 bits per heavy atom. The first-order valence-electron chi connectivity index (χ1n) is 18.2. The highest BCUT2D eigenvalue weighted by atomic mass is 31.2. The van der Waals surface area contributed by atoms with E-state index in [2.05, 4.69) is 29.9 Å². The van der Waals surface area contributed by atoms with E-state index < -0.39 is 114 Å². The van der Waals surface area contributed by atoms with Gasteiger partial charge >= 0.3 is 27.6 Å². The molecule has 28 heteroatoms. The zero-order chi connectivity index (χ0) is 43.4. The maximum atomic E-state index is 16.8. The third-order valence-corrected chi connectivity index (χ3v) is 12.0. The number of carbonyl (C=O) groups excluding carboxylic acids is 2. The van der Waals surface area contributed by atoms with Crippen LogP contribution < -0.4 is 11.5 Å². The van der Waals surface area contributed by atoms with E-state index in [-0.39, 0.29) is 34.0 Å². The van der Waals surface area contributed by atoms with E-state index >= 15 is 4.39 Å². The molecule has 6 unspecified atom stereocenters. The lowest BCUT2D eigenvalue weighted by Gasteiger charge is -2.28. The number of alkyl halides is 1. The number of nitrogens with two attached hydrogens (primary N) is 2. The Morgan fingerprint density at radius 1 is 0.750 bits per heavy atom. The van der Waals surface area contributed by atoms with Gasteiger partial charge in [0.05, 0.1) is 36.7 Å². The molecule has 60 heavy (non-hydrogen) atoms. The van der Waals surface area contributed by atoms with E-state index in [9.17, 15) is 23.8 Å². The number of phosphoric acid groups is 2. The van der Waals surface area contributed by atoms with E-state index in [1.807, 2.05) is 0 Å². The molecule has 4 aromatic heterocycles. The number of phosphoric ester groups is 2. The smallest absolute Gasteiger partial charge is 0.437 e. The number of aliphatic hydroxyl groups is 1. The second-order valence-electron chi connectivity index (χ2n) is 15.7. The Bertz CT molecular complexity index is 2340. The van der Waals surface area contributed by atoms with Gasteiger partial charge < -0.3 is 35.5 Å². The van der Waals surface area contributed by atoms with Gasteiger partial charge in [0, 0.05) is 0 Å². The fourth-order valence-electron chi connectivity index (χ4n) is 6.03. The second kappa shape index (κ2) is 16.5. The fourth-order valence-corrected chi connectivity index (χ4v) is 8.52. The van der Waals surface area contributed by atoms with Crippen molar-refractivity contribution in [2.24, 2.45) is 10.8 Å². The lowest BCUT2D eigenvalue weighted by atomic mass is 9.98. The third-order valence-electron chi connectivity index (χ3n) is 9.22. The van der Waals surface area contributed by atoms with Gasteiger partial charge in [0.25, 0.3) is 0 Å². The number of hydrogen-bond donors (Lipinski definition) is 3. The van der Waals surface area contributed by atoms with Crippen molar-refractivity contribution >= 4 is 61.5 Å². The monoisotopic (exact) mass is 888 g/mol. The molecule has 4 aromatic rings. The number of aliphatic hydroxyl groups excluding tert-OH is 1. The summed E-state index contributed by atoms with van der Waals surface area (Å²) in [5, 5.41) is 11.7. The molecule has 7 rings (SSSR count). The van der Waals surface area contributed by atoms with E-state index in [1.54, 1.807) is 41.5 Å². The Morgan fingerprint density at radius 3 is 1.70 bits per heavy atom. The van der Waals surface area contributed by atoms with Crippen molar-refractivity contribution < 1.29 is 74.3 Å². The number of imidazole rings is 2. The standard InChI is InChI=1S/C32H43FN10O15P2/c1-31(2,3)29(45)49-13-53-59(47)51-7-15-20(44)22(28(55-15)43-12-41-19-24(35)37-10-39-26(19)43)58-60(48,54-14-50-30(46)32(4,5)6)52-8-16-21(57-59)17(33)27(56-16)42-11-40-18-23(34)36-9-38-25(18)42/h9-12,15-17,20-22,27-28,44H,7-8,13-14H2,1-6H3,(H2,34,36,38)(H2,35,37,39)/t15-,16-,17?,20?,21?,22?,27-,28-,59?,60?/m1/s1. The normalized spacial score (nSPS) is 31.6. The predicted octanol–water partition coefficient (Wildman–Crippen LogP) is 2.48. The number of rotatable bonds is 8. The molecule has 10 atom stereocenters. The molecule has 25 nitrogen and oxygen atoms in total. The summed E-state index contributed by atoms with van der Waals surface area (Å²) in [5.74, 6) is -1.54. The van der Waals surface area contributed by atoms with Gasteiger partial charge in [0.2, 0.25) is 13.6 Å². The molecule has 0 radical (unpaired) electrons. The lowest BCUT2D eigenvalue weighted by Crippen LogP contribution is -2.36. The highest BCUT2D eigenvalue weighted by Crippen LogP contribution is 2.58. The molecule has 0 aliphatic carbocycles. The van der Waals surface area contributed by atoms with Crippen molar-refractivity contribution in [3.63, 3.8) is 0 Å². The Hall–Kier alpha value is -4.33. The van der Waals surface area contributed by atoms with Gasteiger partial charge in [0.15, 0.2) is 41.6 Å². The van der Waals surface area contributed by atoms with Gasteiger partial charge in [-0.3, -0.25) is 36.8 Å². The van der Waals surface area contributed by atoms with Crippen molar-refractivity contribution in [2.45, 2.75) is 90.7 Å². The summed E-state index contributed by atoms with van der Waals surface area (Å²) in [4.78, 5) is 49.7. The van der Waals surface area contributed by atoms with Crippen molar-refractivity contribution in [1.82, 2.24) is 39.0 Å². The van der Waals surface area contributed by atoms with Gasteiger partial charge in [0.1, 0.15) is 54.2 Å². The number of ether oxygens (including phenoxy) is 4. The number of nitrogen functional groups attached to an aromatic ring is 2. The third kappa shape index (κ3) is 8.85. The largest absolute Gasteiger partial charge is 0.478 e. The summed E-state index contributed by atoms with van der Waals surface area (Å²) in [6.45, 7) is 5.66. The van der Waals surface area contributed by atoms with E-state index in [0.717, 1.165) is 17.2 Å². The minimum Gasteiger partial charge on any atom is -0.437 e. The van der Waals surface area contributed by atoms with Crippen LogP contribution in [0.2, 0.25) is 0 Å². The maximum Gasteiger partial charge on any atom is 0.478 e. The van der Waals surface area contributed by atoms with E-state index in [4.69, 9.17) is 57.6 Å². The minimum absolute atomic E-state index is 0.00705. The maximum absolute atomic E-state index is 16.8. The number of nitrogens with zero attached hydrogens (tertiary/aromatic N) is 8. The van der Waals surface area contributed by atoms with Crippen LogP contribution in [0.1, 0.15) is 54.0 Å². The average Bonchev–Trinajstić information content (AvgIpc) is 3.94. The molecule has 7 heterocycles. The summed E-state index contributed by atoms with van der Waals surface area (Å²) < 4.78 is 105. The van der Waals surface area contributed by atoms with Gasteiger partial charge in [-0.25, -0.2) is 52.5 Å². The van der Waals surface area contributed by atoms with Crippen LogP contribution in [0.3, 0.4) is 0 Å². The van der Waals surface area contributed by atoms with E-state index in [0.29, 0.717) is 0 Å². The summed E-state index contributed by atoms with van der Waals surface area (Å²) >= 11 is 0. The first-order valence-corrected chi connectivity index (χ1v) is 21.1. The number of fused-ring (bicyclic) bond motifs is 5. The van der Waals surface area contributed by atoms with Crippen molar-refractivity contribution in [1.29, 1.82) is 0 Å². The predicted molar refractivity (Wildman–Crippen MR) is 198 cm³/mol.